The zero-order valence-corrected chi connectivity index (χ0v) is 16.3. The highest BCUT2D eigenvalue weighted by atomic mass is 19.2. The first-order chi connectivity index (χ1) is 13.2. The van der Waals surface area contributed by atoms with Crippen molar-refractivity contribution in [1.82, 2.24) is 0 Å². The van der Waals surface area contributed by atoms with E-state index in [0.717, 1.165) is 49.0 Å². The summed E-state index contributed by atoms with van der Waals surface area (Å²) in [5.74, 6) is 1.40. The van der Waals surface area contributed by atoms with E-state index in [2.05, 4.69) is 0 Å². The van der Waals surface area contributed by atoms with E-state index in [1.807, 2.05) is 0 Å². The zero-order chi connectivity index (χ0) is 19.1. The summed E-state index contributed by atoms with van der Waals surface area (Å²) in [5, 5.41) is 0. The third-order valence-corrected chi connectivity index (χ3v) is 7.04. The van der Waals surface area contributed by atoms with Crippen molar-refractivity contribution in [3.63, 3.8) is 0 Å². The van der Waals surface area contributed by atoms with Gasteiger partial charge in [0.05, 0.1) is 6.33 Å². The van der Waals surface area contributed by atoms with E-state index in [-0.39, 0.29) is 0 Å². The first-order valence-electron chi connectivity index (χ1n) is 10.9. The fourth-order valence-electron chi connectivity index (χ4n) is 5.23. The molecular formula is C24H33F3. The summed E-state index contributed by atoms with van der Waals surface area (Å²) in [5.41, 5.74) is 0.966. The van der Waals surface area contributed by atoms with Crippen LogP contribution in [0.3, 0.4) is 0 Å². The quantitative estimate of drug-likeness (QED) is 0.450. The van der Waals surface area contributed by atoms with Gasteiger partial charge in [-0.25, -0.2) is 13.2 Å². The minimum Gasteiger partial charge on any atom is -0.216 e. The van der Waals surface area contributed by atoms with Crippen molar-refractivity contribution >= 4 is 0 Å². The lowest BCUT2D eigenvalue weighted by Crippen LogP contribution is -2.18. The Kier molecular flexibility index (Phi) is 7.84. The van der Waals surface area contributed by atoms with Gasteiger partial charge < -0.3 is 0 Å². The standard InChI is InChI=1S/C24H33F3/c25-16-2-1-3-18-4-6-19(7-5-18)8-9-20-10-12-21(13-11-20)22-14-15-23(26)24(27)17-22/h2,14-21H,1,3-13H2/t18-,19-,20-,21-. The highest BCUT2D eigenvalue weighted by molar-refractivity contribution is 5.22. The Morgan fingerprint density at radius 3 is 1.85 bits per heavy atom. The molecule has 2 fully saturated rings. The molecule has 0 nitrogen and oxygen atoms in total. The Hall–Kier alpha value is -1.25. The van der Waals surface area contributed by atoms with Gasteiger partial charge in [-0.05, 0) is 79.9 Å². The largest absolute Gasteiger partial charge is 0.216 e. The van der Waals surface area contributed by atoms with Gasteiger partial charge in [0.2, 0.25) is 0 Å². The molecule has 1 aromatic carbocycles. The van der Waals surface area contributed by atoms with Crippen LogP contribution < -0.4 is 0 Å². The molecule has 0 spiro atoms. The van der Waals surface area contributed by atoms with Crippen molar-refractivity contribution in [1.29, 1.82) is 0 Å². The van der Waals surface area contributed by atoms with Gasteiger partial charge in [0.15, 0.2) is 11.6 Å². The van der Waals surface area contributed by atoms with Crippen molar-refractivity contribution in [2.24, 2.45) is 17.8 Å². The first kappa shape index (κ1) is 20.5. The molecule has 0 amide bonds. The van der Waals surface area contributed by atoms with Gasteiger partial charge in [-0.3, -0.25) is 0 Å². The zero-order valence-electron chi connectivity index (χ0n) is 16.3. The van der Waals surface area contributed by atoms with Crippen LogP contribution in [0.15, 0.2) is 30.6 Å². The highest BCUT2D eigenvalue weighted by Gasteiger charge is 2.25. The highest BCUT2D eigenvalue weighted by Crippen LogP contribution is 2.40. The Morgan fingerprint density at radius 1 is 0.741 bits per heavy atom. The predicted octanol–water partition coefficient (Wildman–Crippen LogP) is 8.09. The summed E-state index contributed by atoms with van der Waals surface area (Å²) in [4.78, 5) is 0. The van der Waals surface area contributed by atoms with Crippen LogP contribution >= 0.6 is 0 Å². The van der Waals surface area contributed by atoms with E-state index < -0.39 is 11.6 Å². The molecule has 0 heterocycles. The molecule has 0 aromatic heterocycles. The van der Waals surface area contributed by atoms with Gasteiger partial charge in [0, 0.05) is 0 Å². The molecule has 2 aliphatic carbocycles. The summed E-state index contributed by atoms with van der Waals surface area (Å²) in [7, 11) is 0. The van der Waals surface area contributed by atoms with Crippen molar-refractivity contribution in [3.05, 3.63) is 47.8 Å². The van der Waals surface area contributed by atoms with Gasteiger partial charge in [0.25, 0.3) is 0 Å². The van der Waals surface area contributed by atoms with Crippen LogP contribution in [0, 0.1) is 29.4 Å². The molecule has 2 saturated carbocycles. The molecule has 0 atom stereocenters. The third-order valence-electron chi connectivity index (χ3n) is 7.04. The molecule has 0 unspecified atom stereocenters. The summed E-state index contributed by atoms with van der Waals surface area (Å²) in [6, 6.07) is 4.41. The average molecular weight is 379 g/mol. The Labute approximate surface area is 162 Å². The Bertz CT molecular complexity index is 594. The molecule has 0 saturated heterocycles. The van der Waals surface area contributed by atoms with Gasteiger partial charge >= 0.3 is 0 Å². The molecule has 27 heavy (non-hydrogen) atoms. The monoisotopic (exact) mass is 378 g/mol. The summed E-state index contributed by atoms with van der Waals surface area (Å²) in [6.07, 6.45) is 17.0. The smallest absolute Gasteiger partial charge is 0.159 e. The second-order valence-corrected chi connectivity index (χ2v) is 8.79. The van der Waals surface area contributed by atoms with Crippen LogP contribution in [-0.2, 0) is 0 Å². The second-order valence-electron chi connectivity index (χ2n) is 8.79. The van der Waals surface area contributed by atoms with Crippen LogP contribution in [0.1, 0.15) is 88.5 Å². The average Bonchev–Trinajstić information content (AvgIpc) is 2.70. The number of rotatable bonds is 7. The van der Waals surface area contributed by atoms with Crippen molar-refractivity contribution in [2.75, 3.05) is 0 Å². The van der Waals surface area contributed by atoms with Crippen molar-refractivity contribution < 1.29 is 13.2 Å². The number of hydrogen-bond acceptors (Lipinski definition) is 0. The van der Waals surface area contributed by atoms with Gasteiger partial charge in [-0.1, -0.05) is 50.7 Å². The molecule has 150 valence electrons. The third kappa shape index (κ3) is 6.12. The molecule has 2 aliphatic rings. The van der Waals surface area contributed by atoms with E-state index in [1.165, 1.54) is 63.5 Å². The lowest BCUT2D eigenvalue weighted by molar-refractivity contribution is 0.225. The first-order valence-corrected chi connectivity index (χ1v) is 10.9. The molecule has 1 aromatic rings. The minimum atomic E-state index is -0.749. The normalized spacial score (nSPS) is 29.3. The molecule has 0 N–H and O–H groups in total. The van der Waals surface area contributed by atoms with Crippen LogP contribution in [0.5, 0.6) is 0 Å². The molecule has 3 rings (SSSR count). The Balaban J connectivity index is 1.34. The lowest BCUT2D eigenvalue weighted by Gasteiger charge is -2.32. The molecule has 3 heteroatoms. The molecular weight excluding hydrogens is 345 g/mol. The maximum Gasteiger partial charge on any atom is 0.159 e. The van der Waals surface area contributed by atoms with E-state index in [9.17, 15) is 13.2 Å². The topological polar surface area (TPSA) is 0 Å². The number of halogens is 3. The lowest BCUT2D eigenvalue weighted by atomic mass is 9.74. The van der Waals surface area contributed by atoms with E-state index in [0.29, 0.717) is 12.2 Å². The van der Waals surface area contributed by atoms with E-state index >= 15 is 0 Å². The maximum absolute atomic E-state index is 13.5. The van der Waals surface area contributed by atoms with Gasteiger partial charge in [0.1, 0.15) is 0 Å². The minimum absolute atomic E-state index is 0.394. The van der Waals surface area contributed by atoms with Crippen LogP contribution in [-0.4, -0.2) is 0 Å². The molecule has 0 bridgehead atoms. The maximum atomic E-state index is 13.5. The second kappa shape index (κ2) is 10.3. The SMILES string of the molecule is FC=CCC[C@H]1CC[C@H](CC[C@H]2CC[C@H](c3ccc(F)c(F)c3)CC2)CC1. The molecule has 0 aliphatic heterocycles. The van der Waals surface area contributed by atoms with Gasteiger partial charge in [-0.15, -0.1) is 0 Å². The van der Waals surface area contributed by atoms with Crippen LogP contribution in [0.4, 0.5) is 13.2 Å². The number of hydrogen-bond donors (Lipinski definition) is 0. The predicted molar refractivity (Wildman–Crippen MR) is 105 cm³/mol. The van der Waals surface area contributed by atoms with Crippen LogP contribution in [0.25, 0.3) is 0 Å². The van der Waals surface area contributed by atoms with Crippen LogP contribution in [0.2, 0.25) is 0 Å². The van der Waals surface area contributed by atoms with Gasteiger partial charge in [-0.2, -0.15) is 0 Å². The summed E-state index contributed by atoms with van der Waals surface area (Å²) >= 11 is 0. The Morgan fingerprint density at radius 2 is 1.30 bits per heavy atom. The van der Waals surface area contributed by atoms with E-state index in [4.69, 9.17) is 0 Å². The fraction of sp³-hybridized carbons (Fsp3) is 0.667. The van der Waals surface area contributed by atoms with Crippen molar-refractivity contribution in [2.45, 2.75) is 83.0 Å². The number of benzene rings is 1. The summed E-state index contributed by atoms with van der Waals surface area (Å²) in [6.45, 7) is 0. The number of allylic oxidation sites excluding steroid dienone is 1. The summed E-state index contributed by atoms with van der Waals surface area (Å²) < 4.78 is 38.6. The molecule has 0 radical (unpaired) electrons. The fourth-order valence-corrected chi connectivity index (χ4v) is 5.23. The van der Waals surface area contributed by atoms with Crippen molar-refractivity contribution in [3.8, 4) is 0 Å². The van der Waals surface area contributed by atoms with E-state index in [1.54, 1.807) is 12.1 Å².